The first kappa shape index (κ1) is 30.2. The van der Waals surface area contributed by atoms with Gasteiger partial charge in [-0.25, -0.2) is 0 Å². The average molecular weight is 547 g/mol. The smallest absolute Gasteiger partial charge is 0.264 e. The fourth-order valence-electron chi connectivity index (χ4n) is 5.89. The molecule has 0 radical (unpaired) electrons. The molecule has 1 spiro atoms. The molecule has 1 aromatic carbocycles. The highest BCUT2D eigenvalue weighted by Crippen LogP contribution is 2.60. The highest BCUT2D eigenvalue weighted by molar-refractivity contribution is 6.72. The number of hydrogen-bond donors (Lipinski definition) is 3. The second-order valence-electron chi connectivity index (χ2n) is 11.5. The van der Waals surface area contributed by atoms with Crippen LogP contribution in [0.3, 0.4) is 0 Å². The third-order valence-corrected chi connectivity index (χ3v) is 10.2. The maximum absolute atomic E-state index is 15.7. The predicted octanol–water partition coefficient (Wildman–Crippen LogP) is 5.20. The molecule has 0 bridgehead atoms. The number of hydrogen-bond acceptors (Lipinski definition) is 5. The standard InChI is InChI=1S/C29H43FN2O5Si/c1-18(2)9-8-10-19(3)13-15-32-24-12-11-22(31-27(35)21(5)34)17-23(24)29(28(32)36)20(4)26(38(6,7)30)25(37-29)14-16-33/h9,11-13,17,20-21,25-26,33-34H,8,10,14-16H2,1-7H3,(H,31,35)/b19-13+/t20-,21-,25+,26-,29+/m0/s1. The van der Waals surface area contributed by atoms with Crippen molar-refractivity contribution < 1.29 is 28.6 Å². The largest absolute Gasteiger partial charge is 0.396 e. The highest BCUT2D eigenvalue weighted by atomic mass is 28.4. The van der Waals surface area contributed by atoms with Crippen molar-refractivity contribution in [3.05, 3.63) is 47.1 Å². The molecule has 2 aliphatic heterocycles. The van der Waals surface area contributed by atoms with Gasteiger partial charge in [-0.05, 0) is 78.3 Å². The van der Waals surface area contributed by atoms with Crippen molar-refractivity contribution in [3.63, 3.8) is 0 Å². The molecule has 3 N–H and O–H groups in total. The summed E-state index contributed by atoms with van der Waals surface area (Å²) >= 11 is 0. The molecular formula is C29H43FN2O5Si. The van der Waals surface area contributed by atoms with E-state index in [2.05, 4.69) is 25.2 Å². The van der Waals surface area contributed by atoms with E-state index in [4.69, 9.17) is 4.74 Å². The maximum Gasteiger partial charge on any atom is 0.264 e. The fraction of sp³-hybridized carbons (Fsp3) is 0.586. The first-order valence-corrected chi connectivity index (χ1v) is 16.4. The number of aliphatic hydroxyl groups excluding tert-OH is 2. The van der Waals surface area contributed by atoms with Crippen LogP contribution in [0, 0.1) is 5.92 Å². The quantitative estimate of drug-likeness (QED) is 0.213. The van der Waals surface area contributed by atoms with E-state index < -0.39 is 43.6 Å². The Hall–Kier alpha value is -2.33. The van der Waals surface area contributed by atoms with Crippen molar-refractivity contribution in [3.8, 4) is 0 Å². The summed E-state index contributed by atoms with van der Waals surface area (Å²) in [6.45, 7) is 12.8. The molecule has 9 heteroatoms. The first-order valence-electron chi connectivity index (χ1n) is 13.5. The Labute approximate surface area is 226 Å². The Balaban J connectivity index is 2.06. The fourth-order valence-corrected chi connectivity index (χ4v) is 8.43. The van der Waals surface area contributed by atoms with Crippen LogP contribution in [-0.4, -0.2) is 55.8 Å². The zero-order valence-corrected chi connectivity index (χ0v) is 24.7. The molecule has 0 aliphatic carbocycles. The molecule has 5 atom stereocenters. The number of nitrogens with one attached hydrogen (secondary N) is 1. The summed E-state index contributed by atoms with van der Waals surface area (Å²) in [5.74, 6) is -1.30. The number of nitrogens with zero attached hydrogens (tertiary/aromatic N) is 1. The Morgan fingerprint density at radius 1 is 1.29 bits per heavy atom. The van der Waals surface area contributed by atoms with Crippen molar-refractivity contribution in [2.75, 3.05) is 23.4 Å². The van der Waals surface area contributed by atoms with Gasteiger partial charge in [0.15, 0.2) is 5.60 Å². The summed E-state index contributed by atoms with van der Waals surface area (Å²) in [4.78, 5) is 28.1. The van der Waals surface area contributed by atoms with E-state index >= 15 is 4.11 Å². The molecule has 0 saturated carbocycles. The van der Waals surface area contributed by atoms with Crippen molar-refractivity contribution in [1.29, 1.82) is 0 Å². The highest BCUT2D eigenvalue weighted by Gasteiger charge is 2.66. The molecular weight excluding hydrogens is 503 g/mol. The van der Waals surface area contributed by atoms with Crippen LogP contribution in [-0.2, 0) is 19.9 Å². The van der Waals surface area contributed by atoms with Gasteiger partial charge in [0.2, 0.25) is 8.41 Å². The summed E-state index contributed by atoms with van der Waals surface area (Å²) < 4.78 is 22.2. The van der Waals surface area contributed by atoms with E-state index in [0.717, 1.165) is 18.4 Å². The van der Waals surface area contributed by atoms with Gasteiger partial charge < -0.3 is 29.3 Å². The summed E-state index contributed by atoms with van der Waals surface area (Å²) in [6, 6.07) is 5.18. The number of halogens is 1. The Morgan fingerprint density at radius 3 is 2.55 bits per heavy atom. The van der Waals surface area contributed by atoms with Crippen LogP contribution in [0.1, 0.15) is 59.4 Å². The van der Waals surface area contributed by atoms with E-state index in [-0.39, 0.29) is 18.9 Å². The maximum atomic E-state index is 15.7. The number of carbonyl (C=O) groups excluding carboxylic acids is 2. The van der Waals surface area contributed by atoms with Crippen LogP contribution < -0.4 is 10.2 Å². The van der Waals surface area contributed by atoms with E-state index in [9.17, 15) is 19.8 Å². The van der Waals surface area contributed by atoms with Crippen LogP contribution in [0.4, 0.5) is 15.5 Å². The molecule has 1 saturated heterocycles. The van der Waals surface area contributed by atoms with Crippen molar-refractivity contribution in [2.24, 2.45) is 5.92 Å². The third-order valence-electron chi connectivity index (χ3n) is 7.73. The van der Waals surface area contributed by atoms with Crippen LogP contribution in [0.25, 0.3) is 0 Å². The molecule has 0 aromatic heterocycles. The van der Waals surface area contributed by atoms with Gasteiger partial charge in [-0.3, -0.25) is 9.59 Å². The number of carbonyl (C=O) groups is 2. The molecule has 3 rings (SSSR count). The zero-order valence-electron chi connectivity index (χ0n) is 23.7. The van der Waals surface area contributed by atoms with Crippen molar-refractivity contribution >= 4 is 31.6 Å². The monoisotopic (exact) mass is 546 g/mol. The Morgan fingerprint density at radius 2 is 1.97 bits per heavy atom. The number of rotatable bonds is 10. The number of fused-ring (bicyclic) bond motifs is 2. The van der Waals surface area contributed by atoms with E-state index in [0.29, 0.717) is 23.5 Å². The topological polar surface area (TPSA) is 99.1 Å². The zero-order chi connectivity index (χ0) is 28.4. The minimum Gasteiger partial charge on any atom is -0.396 e. The molecule has 2 amide bonds. The minimum atomic E-state index is -3.30. The summed E-state index contributed by atoms with van der Waals surface area (Å²) in [5.41, 5.74) is 2.17. The SMILES string of the molecule is CC(C)=CCC/C(C)=C/CN1C(=O)[C@]2(O[C@H](CCO)[C@@H]([Si](C)(C)F)[C@@H]2C)c2cc(NC(=O)[C@H](C)O)ccc21. The van der Waals surface area contributed by atoms with Crippen LogP contribution in [0.5, 0.6) is 0 Å². The van der Waals surface area contributed by atoms with Crippen molar-refractivity contribution in [2.45, 2.75) is 90.3 Å². The van der Waals surface area contributed by atoms with Gasteiger partial charge in [-0.1, -0.05) is 30.2 Å². The second kappa shape index (κ2) is 11.8. The summed E-state index contributed by atoms with van der Waals surface area (Å²) in [7, 11) is -3.30. The normalized spacial score (nSPS) is 26.1. The average Bonchev–Trinajstić information content (AvgIpc) is 3.23. The van der Waals surface area contributed by atoms with Gasteiger partial charge in [0, 0.05) is 35.9 Å². The van der Waals surface area contributed by atoms with Gasteiger partial charge in [0.1, 0.15) is 6.10 Å². The number of anilines is 2. The lowest BCUT2D eigenvalue weighted by Gasteiger charge is -2.31. The molecule has 0 unspecified atom stereocenters. The lowest BCUT2D eigenvalue weighted by molar-refractivity contribution is -0.146. The molecule has 1 aromatic rings. The van der Waals surface area contributed by atoms with Gasteiger partial charge in [0.25, 0.3) is 11.8 Å². The van der Waals surface area contributed by atoms with E-state index in [1.807, 2.05) is 19.9 Å². The first-order chi connectivity index (χ1) is 17.7. The van der Waals surface area contributed by atoms with Crippen LogP contribution in [0.15, 0.2) is 41.5 Å². The number of benzene rings is 1. The van der Waals surface area contributed by atoms with Gasteiger partial charge >= 0.3 is 0 Å². The summed E-state index contributed by atoms with van der Waals surface area (Å²) in [5, 5.41) is 22.1. The minimum absolute atomic E-state index is 0.169. The number of ether oxygens (including phenoxy) is 1. The lowest BCUT2D eigenvalue weighted by atomic mass is 9.82. The second-order valence-corrected chi connectivity index (χ2v) is 15.3. The van der Waals surface area contributed by atoms with Crippen LogP contribution in [0.2, 0.25) is 18.6 Å². The Bertz CT molecular complexity index is 1110. The van der Waals surface area contributed by atoms with E-state index in [1.165, 1.54) is 12.5 Å². The van der Waals surface area contributed by atoms with Gasteiger partial charge in [-0.2, -0.15) is 0 Å². The molecule has 7 nitrogen and oxygen atoms in total. The molecule has 38 heavy (non-hydrogen) atoms. The lowest BCUT2D eigenvalue weighted by Crippen LogP contribution is -2.45. The number of aliphatic hydroxyl groups is 2. The molecule has 1 fully saturated rings. The number of amides is 2. The molecule has 210 valence electrons. The van der Waals surface area contributed by atoms with Gasteiger partial charge in [-0.15, -0.1) is 0 Å². The number of allylic oxidation sites excluding steroid dienone is 3. The van der Waals surface area contributed by atoms with Crippen LogP contribution >= 0.6 is 0 Å². The Kier molecular flexibility index (Phi) is 9.39. The third kappa shape index (κ3) is 5.96. The summed E-state index contributed by atoms with van der Waals surface area (Å²) in [6.07, 6.45) is 4.46. The van der Waals surface area contributed by atoms with Crippen molar-refractivity contribution in [1.82, 2.24) is 0 Å². The van der Waals surface area contributed by atoms with Gasteiger partial charge in [0.05, 0.1) is 11.8 Å². The molecule has 2 heterocycles. The predicted molar refractivity (Wildman–Crippen MR) is 151 cm³/mol. The molecule has 2 aliphatic rings. The van der Waals surface area contributed by atoms with E-state index in [1.54, 1.807) is 36.2 Å².